The predicted molar refractivity (Wildman–Crippen MR) is 87.9 cm³/mol. The number of hydrogen-bond donors (Lipinski definition) is 2. The van der Waals surface area contributed by atoms with Crippen LogP contribution in [0.4, 0.5) is 5.69 Å². The summed E-state index contributed by atoms with van der Waals surface area (Å²) < 4.78 is 1.89. The predicted octanol–water partition coefficient (Wildman–Crippen LogP) is 2.60. The summed E-state index contributed by atoms with van der Waals surface area (Å²) in [6.45, 7) is 5.72. The molecule has 0 fully saturated rings. The van der Waals surface area contributed by atoms with Crippen LogP contribution in [-0.4, -0.2) is 37.5 Å². The van der Waals surface area contributed by atoms with E-state index in [4.69, 9.17) is 5.11 Å². The number of aromatic carboxylic acids is 1. The van der Waals surface area contributed by atoms with Crippen molar-refractivity contribution in [3.05, 3.63) is 35.7 Å². The van der Waals surface area contributed by atoms with E-state index in [-0.39, 0.29) is 23.3 Å². The van der Waals surface area contributed by atoms with Gasteiger partial charge in [0.15, 0.2) is 5.16 Å². The van der Waals surface area contributed by atoms with Gasteiger partial charge in [-0.1, -0.05) is 11.8 Å². The normalized spacial score (nSPS) is 10.8. The molecule has 0 saturated heterocycles. The SMILES string of the molecule is Cc1cc(NC(=O)CSc2nncn2C(C)C)ccc1C(=O)O. The summed E-state index contributed by atoms with van der Waals surface area (Å²) in [5.41, 5.74) is 1.40. The average Bonchev–Trinajstić information content (AvgIpc) is 2.93. The Balaban J connectivity index is 1.96. The summed E-state index contributed by atoms with van der Waals surface area (Å²) in [5.74, 6) is -0.967. The number of benzene rings is 1. The minimum atomic E-state index is -0.982. The highest BCUT2D eigenvalue weighted by molar-refractivity contribution is 7.99. The maximum Gasteiger partial charge on any atom is 0.335 e. The van der Waals surface area contributed by atoms with Gasteiger partial charge >= 0.3 is 5.97 Å². The summed E-state index contributed by atoms with van der Waals surface area (Å²) in [6, 6.07) is 4.93. The van der Waals surface area contributed by atoms with E-state index >= 15 is 0 Å². The van der Waals surface area contributed by atoms with Crippen LogP contribution in [0.3, 0.4) is 0 Å². The number of carbonyl (C=O) groups excluding carboxylic acids is 1. The maximum atomic E-state index is 12.0. The Morgan fingerprint density at radius 3 is 2.74 bits per heavy atom. The van der Waals surface area contributed by atoms with Crippen molar-refractivity contribution in [2.24, 2.45) is 0 Å². The molecule has 2 N–H and O–H groups in total. The van der Waals surface area contributed by atoms with E-state index < -0.39 is 5.97 Å². The molecule has 1 aromatic heterocycles. The number of rotatable bonds is 6. The minimum Gasteiger partial charge on any atom is -0.478 e. The van der Waals surface area contributed by atoms with Crippen LogP contribution in [0.25, 0.3) is 0 Å². The number of thioether (sulfide) groups is 1. The van der Waals surface area contributed by atoms with E-state index in [1.165, 1.54) is 17.8 Å². The fraction of sp³-hybridized carbons (Fsp3) is 0.333. The Morgan fingerprint density at radius 2 is 2.13 bits per heavy atom. The zero-order valence-electron chi connectivity index (χ0n) is 13.1. The fourth-order valence-corrected chi connectivity index (χ4v) is 2.84. The molecule has 122 valence electrons. The summed E-state index contributed by atoms with van der Waals surface area (Å²) in [4.78, 5) is 23.0. The molecule has 1 amide bonds. The Hall–Kier alpha value is -2.35. The second-order valence-corrected chi connectivity index (χ2v) is 6.23. The third kappa shape index (κ3) is 4.32. The number of amides is 1. The lowest BCUT2D eigenvalue weighted by Crippen LogP contribution is -2.15. The number of aryl methyl sites for hydroxylation is 1. The van der Waals surface area contributed by atoms with Crippen molar-refractivity contribution >= 4 is 29.3 Å². The summed E-state index contributed by atoms with van der Waals surface area (Å²) in [7, 11) is 0. The number of nitrogens with zero attached hydrogens (tertiary/aromatic N) is 3. The summed E-state index contributed by atoms with van der Waals surface area (Å²) >= 11 is 1.30. The molecule has 0 atom stereocenters. The zero-order chi connectivity index (χ0) is 17.0. The van der Waals surface area contributed by atoms with Gasteiger partial charge in [0.2, 0.25) is 5.91 Å². The standard InChI is InChI=1S/C15H18N4O3S/c1-9(2)19-8-16-18-15(19)23-7-13(20)17-11-4-5-12(14(21)22)10(3)6-11/h4-6,8-9H,7H2,1-3H3,(H,17,20)(H,21,22). The number of hydrogen-bond acceptors (Lipinski definition) is 5. The Labute approximate surface area is 138 Å². The summed E-state index contributed by atoms with van der Waals surface area (Å²) in [6.07, 6.45) is 1.64. The second kappa shape index (κ2) is 7.28. The lowest BCUT2D eigenvalue weighted by molar-refractivity contribution is -0.113. The highest BCUT2D eigenvalue weighted by atomic mass is 32.2. The molecule has 0 radical (unpaired) electrons. The van der Waals surface area contributed by atoms with E-state index in [1.807, 2.05) is 18.4 Å². The van der Waals surface area contributed by atoms with Crippen molar-refractivity contribution in [2.45, 2.75) is 32.0 Å². The van der Waals surface area contributed by atoms with Gasteiger partial charge in [-0.2, -0.15) is 0 Å². The molecule has 0 saturated carbocycles. The number of carboxylic acid groups (broad SMARTS) is 1. The number of anilines is 1. The molecule has 7 nitrogen and oxygen atoms in total. The zero-order valence-corrected chi connectivity index (χ0v) is 13.9. The van der Waals surface area contributed by atoms with Crippen molar-refractivity contribution in [3.63, 3.8) is 0 Å². The van der Waals surface area contributed by atoms with Crippen LogP contribution in [0, 0.1) is 6.92 Å². The van der Waals surface area contributed by atoms with Crippen LogP contribution in [0.1, 0.15) is 35.8 Å². The molecule has 2 rings (SSSR count). The molecule has 0 aliphatic carbocycles. The van der Waals surface area contributed by atoms with E-state index in [1.54, 1.807) is 25.4 Å². The highest BCUT2D eigenvalue weighted by Gasteiger charge is 2.12. The van der Waals surface area contributed by atoms with Crippen molar-refractivity contribution in [2.75, 3.05) is 11.1 Å². The third-order valence-electron chi connectivity index (χ3n) is 3.17. The van der Waals surface area contributed by atoms with Gasteiger partial charge < -0.3 is 15.0 Å². The van der Waals surface area contributed by atoms with Crippen molar-refractivity contribution in [3.8, 4) is 0 Å². The number of carboxylic acids is 1. The second-order valence-electron chi connectivity index (χ2n) is 5.29. The van der Waals surface area contributed by atoms with Crippen LogP contribution >= 0.6 is 11.8 Å². The molecule has 23 heavy (non-hydrogen) atoms. The molecule has 8 heteroatoms. The maximum absolute atomic E-state index is 12.0. The number of carbonyl (C=O) groups is 2. The van der Waals surface area contributed by atoms with Crippen molar-refractivity contribution < 1.29 is 14.7 Å². The van der Waals surface area contributed by atoms with Gasteiger partial charge in [-0.3, -0.25) is 4.79 Å². The van der Waals surface area contributed by atoms with Crippen LogP contribution in [0.2, 0.25) is 0 Å². The molecular formula is C15H18N4O3S. The molecular weight excluding hydrogens is 316 g/mol. The lowest BCUT2D eigenvalue weighted by atomic mass is 10.1. The topological polar surface area (TPSA) is 97.1 Å². The van der Waals surface area contributed by atoms with Gasteiger partial charge in [-0.25, -0.2) is 4.79 Å². The van der Waals surface area contributed by atoms with Crippen LogP contribution in [-0.2, 0) is 4.79 Å². The monoisotopic (exact) mass is 334 g/mol. The first kappa shape index (κ1) is 17.0. The quantitative estimate of drug-likeness (QED) is 0.788. The molecule has 1 aromatic carbocycles. The first-order chi connectivity index (χ1) is 10.9. The Bertz CT molecular complexity index is 727. The highest BCUT2D eigenvalue weighted by Crippen LogP contribution is 2.20. The van der Waals surface area contributed by atoms with Gasteiger partial charge in [0.05, 0.1) is 11.3 Å². The molecule has 0 unspecified atom stereocenters. The van der Waals surface area contributed by atoms with Crippen molar-refractivity contribution in [1.29, 1.82) is 0 Å². The van der Waals surface area contributed by atoms with Gasteiger partial charge in [-0.15, -0.1) is 10.2 Å². The Morgan fingerprint density at radius 1 is 1.39 bits per heavy atom. The molecule has 0 aliphatic rings. The molecule has 0 aliphatic heterocycles. The smallest absolute Gasteiger partial charge is 0.335 e. The van der Waals surface area contributed by atoms with E-state index in [9.17, 15) is 9.59 Å². The number of nitrogens with one attached hydrogen (secondary N) is 1. The molecule has 2 aromatic rings. The van der Waals surface area contributed by atoms with Crippen LogP contribution in [0.15, 0.2) is 29.7 Å². The van der Waals surface area contributed by atoms with E-state index in [2.05, 4.69) is 15.5 Å². The largest absolute Gasteiger partial charge is 0.478 e. The van der Waals surface area contributed by atoms with Gasteiger partial charge in [0.1, 0.15) is 6.33 Å². The average molecular weight is 334 g/mol. The van der Waals surface area contributed by atoms with E-state index in [0.717, 1.165) is 0 Å². The first-order valence-electron chi connectivity index (χ1n) is 7.04. The fourth-order valence-electron chi connectivity index (χ4n) is 2.00. The van der Waals surface area contributed by atoms with Gasteiger partial charge in [-0.05, 0) is 44.5 Å². The summed E-state index contributed by atoms with van der Waals surface area (Å²) in [5, 5.41) is 20.3. The van der Waals surface area contributed by atoms with Crippen molar-refractivity contribution in [1.82, 2.24) is 14.8 Å². The molecule has 0 spiro atoms. The third-order valence-corrected chi connectivity index (χ3v) is 4.13. The molecule has 1 heterocycles. The van der Waals surface area contributed by atoms with Crippen LogP contribution < -0.4 is 5.32 Å². The van der Waals surface area contributed by atoms with Gasteiger partial charge in [0, 0.05) is 11.7 Å². The first-order valence-corrected chi connectivity index (χ1v) is 8.03. The molecule has 0 bridgehead atoms. The Kier molecular flexibility index (Phi) is 5.38. The lowest BCUT2D eigenvalue weighted by Gasteiger charge is -2.10. The van der Waals surface area contributed by atoms with Crippen LogP contribution in [0.5, 0.6) is 0 Å². The number of aromatic nitrogens is 3. The minimum absolute atomic E-state index is 0.184. The van der Waals surface area contributed by atoms with E-state index in [0.29, 0.717) is 16.4 Å². The van der Waals surface area contributed by atoms with Gasteiger partial charge in [0.25, 0.3) is 0 Å².